The van der Waals surface area contributed by atoms with Crippen molar-refractivity contribution in [3.8, 4) is 5.75 Å². The average molecular weight is 368 g/mol. The molecule has 0 bridgehead atoms. The van der Waals surface area contributed by atoms with Gasteiger partial charge in [0.15, 0.2) is 0 Å². The maximum Gasteiger partial charge on any atom is 0.254 e. The van der Waals surface area contributed by atoms with Gasteiger partial charge in [0.2, 0.25) is 5.91 Å². The molecule has 2 aliphatic heterocycles. The number of hydrogen-bond donors (Lipinski definition) is 1. The number of fused-ring (bicyclic) bond motifs is 1. The van der Waals surface area contributed by atoms with Crippen molar-refractivity contribution in [2.24, 2.45) is 0 Å². The number of carbonyl (C=O) groups is 2. The molecule has 1 aromatic heterocycles. The smallest absolute Gasteiger partial charge is 0.254 e. The van der Waals surface area contributed by atoms with Crippen molar-refractivity contribution in [1.29, 1.82) is 0 Å². The number of carbonyl (C=O) groups excluding carboxylic acids is 2. The van der Waals surface area contributed by atoms with Gasteiger partial charge >= 0.3 is 0 Å². The summed E-state index contributed by atoms with van der Waals surface area (Å²) in [6, 6.07) is 8.43. The zero-order chi connectivity index (χ0) is 18.8. The van der Waals surface area contributed by atoms with Gasteiger partial charge in [-0.15, -0.1) is 0 Å². The van der Waals surface area contributed by atoms with Crippen LogP contribution in [0, 0.1) is 0 Å². The molecule has 1 saturated heterocycles. The highest BCUT2D eigenvalue weighted by atomic mass is 16.3. The fourth-order valence-corrected chi connectivity index (χ4v) is 3.80. The van der Waals surface area contributed by atoms with Crippen molar-refractivity contribution in [2.75, 3.05) is 19.6 Å². The van der Waals surface area contributed by atoms with Gasteiger partial charge in [0, 0.05) is 38.0 Å². The Bertz CT molecular complexity index is 855. The first-order valence-electron chi connectivity index (χ1n) is 9.52. The Kier molecular flexibility index (Phi) is 4.83. The van der Waals surface area contributed by atoms with Gasteiger partial charge in [-0.2, -0.15) is 5.10 Å². The predicted octanol–water partition coefficient (Wildman–Crippen LogP) is 1.80. The normalized spacial score (nSPS) is 16.4. The summed E-state index contributed by atoms with van der Waals surface area (Å²) in [7, 11) is 0. The zero-order valence-electron chi connectivity index (χ0n) is 15.3. The highest BCUT2D eigenvalue weighted by Crippen LogP contribution is 2.19. The van der Waals surface area contributed by atoms with E-state index in [0.717, 1.165) is 37.3 Å². The second-order valence-corrected chi connectivity index (χ2v) is 7.22. The Morgan fingerprint density at radius 2 is 1.85 bits per heavy atom. The lowest BCUT2D eigenvalue weighted by Gasteiger charge is -2.27. The SMILES string of the molecule is O=C(CCc1cc2n(n1)CCN(C(=O)c1cccc(O)c1)C2)N1CCCC1. The molecule has 3 heterocycles. The lowest BCUT2D eigenvalue weighted by atomic mass is 10.1. The van der Waals surface area contributed by atoms with E-state index >= 15 is 0 Å². The van der Waals surface area contributed by atoms with Gasteiger partial charge < -0.3 is 14.9 Å². The molecule has 142 valence electrons. The first-order chi connectivity index (χ1) is 13.1. The number of likely N-dealkylation sites (tertiary alicyclic amines) is 1. The van der Waals surface area contributed by atoms with Gasteiger partial charge in [-0.1, -0.05) is 6.07 Å². The fraction of sp³-hybridized carbons (Fsp3) is 0.450. The first-order valence-corrected chi connectivity index (χ1v) is 9.52. The molecule has 0 aliphatic carbocycles. The van der Waals surface area contributed by atoms with Gasteiger partial charge in [0.05, 0.1) is 24.5 Å². The van der Waals surface area contributed by atoms with Crippen LogP contribution in [0.4, 0.5) is 0 Å². The van der Waals surface area contributed by atoms with E-state index in [0.29, 0.717) is 38.0 Å². The van der Waals surface area contributed by atoms with Crippen molar-refractivity contribution >= 4 is 11.8 Å². The molecule has 1 fully saturated rings. The summed E-state index contributed by atoms with van der Waals surface area (Å²) in [4.78, 5) is 28.6. The van der Waals surface area contributed by atoms with Crippen LogP contribution in [0.5, 0.6) is 5.75 Å². The fourth-order valence-electron chi connectivity index (χ4n) is 3.80. The van der Waals surface area contributed by atoms with E-state index < -0.39 is 0 Å². The Balaban J connectivity index is 1.38. The number of benzene rings is 1. The van der Waals surface area contributed by atoms with Gasteiger partial charge in [0.25, 0.3) is 5.91 Å². The maximum absolute atomic E-state index is 12.7. The van der Waals surface area contributed by atoms with Crippen LogP contribution in [-0.2, 0) is 24.3 Å². The quantitative estimate of drug-likeness (QED) is 0.893. The number of rotatable bonds is 4. The number of nitrogens with zero attached hydrogens (tertiary/aromatic N) is 4. The van der Waals surface area contributed by atoms with Crippen LogP contribution in [0.2, 0.25) is 0 Å². The highest BCUT2D eigenvalue weighted by Gasteiger charge is 2.24. The number of aromatic nitrogens is 2. The largest absolute Gasteiger partial charge is 0.508 e. The third-order valence-electron chi connectivity index (χ3n) is 5.28. The van der Waals surface area contributed by atoms with Crippen LogP contribution in [-0.4, -0.2) is 56.1 Å². The van der Waals surface area contributed by atoms with Crippen LogP contribution >= 0.6 is 0 Å². The molecular formula is C20H24N4O3. The average Bonchev–Trinajstić information content (AvgIpc) is 3.34. The molecule has 1 N–H and O–H groups in total. The highest BCUT2D eigenvalue weighted by molar-refractivity contribution is 5.94. The summed E-state index contributed by atoms with van der Waals surface area (Å²) in [6.45, 7) is 3.46. The molecule has 0 atom stereocenters. The third-order valence-corrected chi connectivity index (χ3v) is 5.28. The molecule has 0 saturated carbocycles. The molecule has 4 rings (SSSR count). The summed E-state index contributed by atoms with van der Waals surface area (Å²) >= 11 is 0. The minimum atomic E-state index is -0.0934. The second kappa shape index (κ2) is 7.42. The maximum atomic E-state index is 12.7. The van der Waals surface area contributed by atoms with E-state index in [1.54, 1.807) is 23.1 Å². The molecule has 2 aromatic rings. The number of phenols is 1. The summed E-state index contributed by atoms with van der Waals surface area (Å²) in [5.74, 6) is 0.205. The van der Waals surface area contributed by atoms with E-state index in [9.17, 15) is 14.7 Å². The van der Waals surface area contributed by atoms with Crippen LogP contribution in [0.1, 0.15) is 41.0 Å². The minimum Gasteiger partial charge on any atom is -0.508 e. The Labute approximate surface area is 158 Å². The lowest BCUT2D eigenvalue weighted by Crippen LogP contribution is -2.38. The zero-order valence-corrected chi connectivity index (χ0v) is 15.3. The van der Waals surface area contributed by atoms with E-state index in [2.05, 4.69) is 5.10 Å². The third kappa shape index (κ3) is 3.82. The van der Waals surface area contributed by atoms with E-state index in [1.165, 1.54) is 6.07 Å². The Morgan fingerprint density at radius 1 is 1.04 bits per heavy atom. The predicted molar refractivity (Wildman–Crippen MR) is 99.2 cm³/mol. The molecule has 7 nitrogen and oxygen atoms in total. The summed E-state index contributed by atoms with van der Waals surface area (Å²) in [5, 5.41) is 14.2. The van der Waals surface area contributed by atoms with E-state index in [-0.39, 0.29) is 17.6 Å². The molecule has 7 heteroatoms. The van der Waals surface area contributed by atoms with Crippen molar-refractivity contribution in [2.45, 2.75) is 38.8 Å². The lowest BCUT2D eigenvalue weighted by molar-refractivity contribution is -0.130. The number of phenolic OH excluding ortho intramolecular Hbond substituents is 1. The number of hydrogen-bond acceptors (Lipinski definition) is 4. The Morgan fingerprint density at radius 3 is 2.63 bits per heavy atom. The molecule has 27 heavy (non-hydrogen) atoms. The summed E-state index contributed by atoms with van der Waals surface area (Å²) in [6.07, 6.45) is 3.33. The molecule has 2 aliphatic rings. The van der Waals surface area contributed by atoms with Gasteiger partial charge in [-0.05, 0) is 37.1 Å². The standard InChI is InChI=1S/C20H24N4O3/c25-18-5-3-4-15(12-18)20(27)23-10-11-24-17(14-23)13-16(21-24)6-7-19(26)22-8-1-2-9-22/h3-5,12-13,25H,1-2,6-11,14H2. The summed E-state index contributed by atoms with van der Waals surface area (Å²) in [5.41, 5.74) is 2.38. The monoisotopic (exact) mass is 368 g/mol. The van der Waals surface area contributed by atoms with Crippen molar-refractivity contribution in [3.05, 3.63) is 47.3 Å². The number of aromatic hydroxyl groups is 1. The molecule has 1 aromatic carbocycles. The van der Waals surface area contributed by atoms with E-state index in [1.807, 2.05) is 15.6 Å². The van der Waals surface area contributed by atoms with Gasteiger partial charge in [-0.3, -0.25) is 14.3 Å². The van der Waals surface area contributed by atoms with E-state index in [4.69, 9.17) is 0 Å². The van der Waals surface area contributed by atoms with Crippen LogP contribution < -0.4 is 0 Å². The number of aryl methyl sites for hydroxylation is 1. The molecule has 0 unspecified atom stereocenters. The van der Waals surface area contributed by atoms with Crippen molar-refractivity contribution in [3.63, 3.8) is 0 Å². The minimum absolute atomic E-state index is 0.0906. The molecule has 2 amide bonds. The second-order valence-electron chi connectivity index (χ2n) is 7.22. The topological polar surface area (TPSA) is 78.7 Å². The van der Waals surface area contributed by atoms with Crippen molar-refractivity contribution < 1.29 is 14.7 Å². The van der Waals surface area contributed by atoms with Crippen LogP contribution in [0.15, 0.2) is 30.3 Å². The summed E-state index contributed by atoms with van der Waals surface area (Å²) < 4.78 is 1.93. The number of amides is 2. The van der Waals surface area contributed by atoms with Crippen molar-refractivity contribution in [1.82, 2.24) is 19.6 Å². The molecular weight excluding hydrogens is 344 g/mol. The molecule has 0 spiro atoms. The first kappa shape index (κ1) is 17.6. The Hall–Kier alpha value is -2.83. The van der Waals surface area contributed by atoms with Crippen LogP contribution in [0.3, 0.4) is 0 Å². The molecule has 0 radical (unpaired) electrons. The van der Waals surface area contributed by atoms with Crippen LogP contribution in [0.25, 0.3) is 0 Å². The van der Waals surface area contributed by atoms with Gasteiger partial charge in [-0.25, -0.2) is 0 Å². The van der Waals surface area contributed by atoms with Gasteiger partial charge in [0.1, 0.15) is 5.75 Å².